The molecule has 2 heterocycles. The van der Waals surface area contributed by atoms with Crippen molar-refractivity contribution >= 4 is 17.0 Å². The van der Waals surface area contributed by atoms with Gasteiger partial charge in [-0.05, 0) is 12.8 Å². The van der Waals surface area contributed by atoms with E-state index in [1.165, 1.54) is 10.7 Å². The van der Waals surface area contributed by atoms with E-state index in [9.17, 15) is 4.79 Å². The topological polar surface area (TPSA) is 69.0 Å². The van der Waals surface area contributed by atoms with E-state index in [-0.39, 0.29) is 11.7 Å². The maximum absolute atomic E-state index is 11.9. The molecule has 0 aliphatic rings. The minimum absolute atomic E-state index is 0.0301. The third-order valence-corrected chi connectivity index (χ3v) is 4.12. The number of thiazole rings is 1. The van der Waals surface area contributed by atoms with E-state index in [0.29, 0.717) is 24.8 Å². The van der Waals surface area contributed by atoms with Gasteiger partial charge in [0.05, 0.1) is 24.1 Å². The smallest absolute Gasteiger partial charge is 0.269 e. The molecular weight excluding hydrogens is 300 g/mol. The molecule has 0 saturated carbocycles. The molecule has 0 spiro atoms. The molecule has 0 saturated heterocycles. The van der Waals surface area contributed by atoms with E-state index in [2.05, 4.69) is 29.2 Å². The lowest BCUT2D eigenvalue weighted by Gasteiger charge is -2.12. The molecule has 120 valence electrons. The van der Waals surface area contributed by atoms with Crippen molar-refractivity contribution in [1.82, 2.24) is 14.8 Å². The Bertz CT molecular complexity index is 666. The minimum Gasteiger partial charge on any atom is -0.387 e. The fraction of sp³-hybridized carbons (Fsp3) is 0.533. The number of ether oxygens (including phenoxy) is 1. The summed E-state index contributed by atoms with van der Waals surface area (Å²) >= 11 is 1.55. The predicted molar refractivity (Wildman–Crippen MR) is 88.5 cm³/mol. The van der Waals surface area contributed by atoms with Crippen molar-refractivity contribution in [2.45, 2.75) is 33.4 Å². The molecule has 0 amide bonds. The van der Waals surface area contributed by atoms with Crippen LogP contribution in [-0.2, 0) is 11.3 Å². The van der Waals surface area contributed by atoms with Crippen LogP contribution < -0.4 is 10.9 Å². The van der Waals surface area contributed by atoms with Crippen LogP contribution in [0.2, 0.25) is 0 Å². The zero-order valence-electron chi connectivity index (χ0n) is 13.4. The molecule has 1 N–H and O–H groups in total. The summed E-state index contributed by atoms with van der Waals surface area (Å²) in [7, 11) is 1.76. The Kier molecular flexibility index (Phi) is 5.68. The SMILES string of the molecule is CNc1cnn(Cc2csc(C(C)OCC(C)C)n2)c(=O)c1. The largest absolute Gasteiger partial charge is 0.387 e. The summed E-state index contributed by atoms with van der Waals surface area (Å²) < 4.78 is 7.16. The Morgan fingerprint density at radius 2 is 2.18 bits per heavy atom. The van der Waals surface area contributed by atoms with Gasteiger partial charge in [0.1, 0.15) is 11.1 Å². The van der Waals surface area contributed by atoms with Crippen LogP contribution in [0.5, 0.6) is 0 Å². The number of rotatable bonds is 7. The van der Waals surface area contributed by atoms with Gasteiger partial charge in [0.2, 0.25) is 0 Å². The van der Waals surface area contributed by atoms with E-state index in [0.717, 1.165) is 10.7 Å². The van der Waals surface area contributed by atoms with Gasteiger partial charge in [-0.15, -0.1) is 11.3 Å². The molecule has 0 fully saturated rings. The minimum atomic E-state index is -0.148. The molecule has 1 unspecified atom stereocenters. The lowest BCUT2D eigenvalue weighted by atomic mass is 10.2. The summed E-state index contributed by atoms with van der Waals surface area (Å²) in [5, 5.41) is 9.90. The summed E-state index contributed by atoms with van der Waals surface area (Å²) in [4.78, 5) is 16.5. The van der Waals surface area contributed by atoms with E-state index in [1.54, 1.807) is 24.6 Å². The zero-order valence-corrected chi connectivity index (χ0v) is 14.2. The first-order valence-electron chi connectivity index (χ1n) is 7.30. The van der Waals surface area contributed by atoms with Crippen molar-refractivity contribution in [3.8, 4) is 0 Å². The van der Waals surface area contributed by atoms with Crippen LogP contribution in [-0.4, -0.2) is 28.4 Å². The van der Waals surface area contributed by atoms with E-state index >= 15 is 0 Å². The number of nitrogens with one attached hydrogen (secondary N) is 1. The second kappa shape index (κ2) is 7.51. The molecule has 2 aromatic rings. The van der Waals surface area contributed by atoms with Gasteiger partial charge >= 0.3 is 0 Å². The molecule has 0 radical (unpaired) electrons. The summed E-state index contributed by atoms with van der Waals surface area (Å²) in [6.07, 6.45) is 1.60. The van der Waals surface area contributed by atoms with Gasteiger partial charge in [-0.25, -0.2) is 9.67 Å². The number of nitrogens with zero attached hydrogens (tertiary/aromatic N) is 3. The highest BCUT2D eigenvalue weighted by atomic mass is 32.1. The van der Waals surface area contributed by atoms with Gasteiger partial charge in [-0.2, -0.15) is 5.10 Å². The monoisotopic (exact) mass is 322 g/mol. The molecule has 6 nitrogen and oxygen atoms in total. The summed E-state index contributed by atoms with van der Waals surface area (Å²) in [5.74, 6) is 0.496. The van der Waals surface area contributed by atoms with Crippen molar-refractivity contribution < 1.29 is 4.74 Å². The Labute approximate surface area is 134 Å². The van der Waals surface area contributed by atoms with E-state index in [1.807, 2.05) is 12.3 Å². The Morgan fingerprint density at radius 3 is 2.82 bits per heavy atom. The van der Waals surface area contributed by atoms with E-state index < -0.39 is 0 Å². The van der Waals surface area contributed by atoms with Crippen LogP contribution in [0.15, 0.2) is 22.4 Å². The first-order chi connectivity index (χ1) is 10.5. The molecule has 2 rings (SSSR count). The molecule has 2 aromatic heterocycles. The second-order valence-corrected chi connectivity index (χ2v) is 6.43. The van der Waals surface area contributed by atoms with Gasteiger partial charge < -0.3 is 10.1 Å². The molecule has 0 aromatic carbocycles. The van der Waals surface area contributed by atoms with Gasteiger partial charge in [-0.3, -0.25) is 4.79 Å². The van der Waals surface area contributed by atoms with Crippen LogP contribution in [0.4, 0.5) is 5.69 Å². The fourth-order valence-corrected chi connectivity index (χ4v) is 2.65. The van der Waals surface area contributed by atoms with Gasteiger partial charge in [0.15, 0.2) is 0 Å². The Balaban J connectivity index is 2.04. The average Bonchev–Trinajstić information content (AvgIpc) is 2.95. The molecule has 0 aliphatic heterocycles. The Hall–Kier alpha value is -1.73. The molecule has 1 atom stereocenters. The van der Waals surface area contributed by atoms with Gasteiger partial charge in [0, 0.05) is 25.1 Å². The van der Waals surface area contributed by atoms with Crippen LogP contribution in [0.3, 0.4) is 0 Å². The van der Waals surface area contributed by atoms with Gasteiger partial charge in [0.25, 0.3) is 5.56 Å². The van der Waals surface area contributed by atoms with Gasteiger partial charge in [-0.1, -0.05) is 13.8 Å². The highest BCUT2D eigenvalue weighted by Crippen LogP contribution is 2.22. The fourth-order valence-electron chi connectivity index (χ4n) is 1.83. The van der Waals surface area contributed by atoms with Crippen molar-refractivity contribution in [3.05, 3.63) is 38.7 Å². The second-order valence-electron chi connectivity index (χ2n) is 5.54. The maximum Gasteiger partial charge on any atom is 0.269 e. The van der Waals surface area contributed by atoms with Crippen LogP contribution in [0.25, 0.3) is 0 Å². The average molecular weight is 322 g/mol. The lowest BCUT2D eigenvalue weighted by molar-refractivity contribution is 0.0467. The third-order valence-electron chi connectivity index (χ3n) is 3.07. The highest BCUT2D eigenvalue weighted by Gasteiger charge is 2.12. The number of anilines is 1. The van der Waals surface area contributed by atoms with Crippen molar-refractivity contribution in [3.63, 3.8) is 0 Å². The predicted octanol–water partition coefficient (Wildman–Crippen LogP) is 2.52. The third kappa shape index (κ3) is 4.38. The molecule has 0 aliphatic carbocycles. The first-order valence-corrected chi connectivity index (χ1v) is 8.18. The number of hydrogen-bond acceptors (Lipinski definition) is 6. The number of hydrogen-bond donors (Lipinski definition) is 1. The normalized spacial score (nSPS) is 12.6. The van der Waals surface area contributed by atoms with Crippen LogP contribution >= 0.6 is 11.3 Å². The van der Waals surface area contributed by atoms with Crippen LogP contribution in [0, 0.1) is 5.92 Å². The number of aromatic nitrogens is 3. The quantitative estimate of drug-likeness (QED) is 0.848. The van der Waals surface area contributed by atoms with Crippen molar-refractivity contribution in [2.24, 2.45) is 5.92 Å². The maximum atomic E-state index is 11.9. The summed E-state index contributed by atoms with van der Waals surface area (Å²) in [6, 6.07) is 1.52. The summed E-state index contributed by atoms with van der Waals surface area (Å²) in [6.45, 7) is 7.32. The molecule has 7 heteroatoms. The summed E-state index contributed by atoms with van der Waals surface area (Å²) in [5.41, 5.74) is 1.38. The zero-order chi connectivity index (χ0) is 16.1. The molecule has 22 heavy (non-hydrogen) atoms. The molecular formula is C15H22N4O2S. The van der Waals surface area contributed by atoms with Crippen molar-refractivity contribution in [2.75, 3.05) is 19.0 Å². The van der Waals surface area contributed by atoms with Crippen molar-refractivity contribution in [1.29, 1.82) is 0 Å². The molecule has 0 bridgehead atoms. The van der Waals surface area contributed by atoms with Crippen LogP contribution in [0.1, 0.15) is 37.6 Å². The lowest BCUT2D eigenvalue weighted by Crippen LogP contribution is -2.23. The highest BCUT2D eigenvalue weighted by molar-refractivity contribution is 7.09. The standard InChI is InChI=1S/C15H22N4O2S/c1-10(2)8-21-11(3)15-18-13(9-22-15)7-19-14(20)5-12(16-4)6-17-19/h5-6,9-11,16H,7-8H2,1-4H3. The Morgan fingerprint density at radius 1 is 1.41 bits per heavy atom. The first kappa shape index (κ1) is 16.6. The van der Waals surface area contributed by atoms with E-state index in [4.69, 9.17) is 4.74 Å².